The summed E-state index contributed by atoms with van der Waals surface area (Å²) in [5.41, 5.74) is 0.973. The highest BCUT2D eigenvalue weighted by atomic mass is 127. The largest absolute Gasteiger partial charge is 0.388 e. The molecular weight excluding hydrogens is 399 g/mol. The summed E-state index contributed by atoms with van der Waals surface area (Å²) in [6, 6.07) is 10.0. The SMILES string of the molecule is OC(Cc1sccc1Br)c1ccc(I)cc1. The summed E-state index contributed by atoms with van der Waals surface area (Å²) in [4.78, 5) is 1.19. The molecule has 1 aromatic heterocycles. The Morgan fingerprint density at radius 2 is 1.94 bits per heavy atom. The van der Waals surface area contributed by atoms with Crippen LogP contribution in [-0.2, 0) is 6.42 Å². The van der Waals surface area contributed by atoms with Gasteiger partial charge >= 0.3 is 0 Å². The summed E-state index contributed by atoms with van der Waals surface area (Å²) in [7, 11) is 0. The van der Waals surface area contributed by atoms with Gasteiger partial charge in [0.15, 0.2) is 0 Å². The zero-order chi connectivity index (χ0) is 11.5. The van der Waals surface area contributed by atoms with Gasteiger partial charge in [-0.3, -0.25) is 0 Å². The van der Waals surface area contributed by atoms with Crippen molar-refractivity contribution in [1.29, 1.82) is 0 Å². The third kappa shape index (κ3) is 3.06. The Morgan fingerprint density at radius 1 is 1.25 bits per heavy atom. The van der Waals surface area contributed by atoms with Gasteiger partial charge in [-0.1, -0.05) is 12.1 Å². The first kappa shape index (κ1) is 12.5. The first-order chi connectivity index (χ1) is 7.66. The van der Waals surface area contributed by atoms with Crippen molar-refractivity contribution in [2.24, 2.45) is 0 Å². The van der Waals surface area contributed by atoms with Crippen molar-refractivity contribution in [3.63, 3.8) is 0 Å². The summed E-state index contributed by atoms with van der Waals surface area (Å²) in [5.74, 6) is 0. The molecule has 84 valence electrons. The summed E-state index contributed by atoms with van der Waals surface area (Å²) >= 11 is 7.41. The van der Waals surface area contributed by atoms with Crippen LogP contribution < -0.4 is 0 Å². The Morgan fingerprint density at radius 3 is 2.50 bits per heavy atom. The highest BCUT2D eigenvalue weighted by Crippen LogP contribution is 2.28. The fraction of sp³-hybridized carbons (Fsp3) is 0.167. The number of hydrogen-bond donors (Lipinski definition) is 1. The van der Waals surface area contributed by atoms with E-state index in [1.807, 2.05) is 35.7 Å². The van der Waals surface area contributed by atoms with Crippen LogP contribution in [0.2, 0.25) is 0 Å². The highest BCUT2D eigenvalue weighted by Gasteiger charge is 2.11. The first-order valence-electron chi connectivity index (χ1n) is 4.82. The van der Waals surface area contributed by atoms with E-state index >= 15 is 0 Å². The summed E-state index contributed by atoms with van der Waals surface area (Å²) in [6.07, 6.45) is 0.241. The molecule has 0 aliphatic carbocycles. The Hall–Kier alpha value is 0.0900. The van der Waals surface area contributed by atoms with Gasteiger partial charge in [0.1, 0.15) is 0 Å². The quantitative estimate of drug-likeness (QED) is 0.746. The molecule has 0 aliphatic heterocycles. The van der Waals surface area contributed by atoms with Crippen LogP contribution in [0.5, 0.6) is 0 Å². The molecule has 1 aromatic carbocycles. The van der Waals surface area contributed by atoms with E-state index in [2.05, 4.69) is 38.5 Å². The maximum absolute atomic E-state index is 10.1. The van der Waals surface area contributed by atoms with E-state index in [-0.39, 0.29) is 0 Å². The molecule has 0 saturated carbocycles. The molecule has 0 saturated heterocycles. The van der Waals surface area contributed by atoms with Crippen LogP contribution in [0.15, 0.2) is 40.2 Å². The van der Waals surface area contributed by atoms with Gasteiger partial charge in [-0.2, -0.15) is 0 Å². The zero-order valence-electron chi connectivity index (χ0n) is 8.36. The Balaban J connectivity index is 2.11. The maximum Gasteiger partial charge on any atom is 0.0838 e. The molecule has 0 bridgehead atoms. The number of halogens is 2. The molecule has 2 aromatic rings. The molecular formula is C12H10BrIOS. The van der Waals surface area contributed by atoms with Crippen molar-refractivity contribution in [3.05, 3.63) is 54.2 Å². The second kappa shape index (κ2) is 5.62. The lowest BCUT2D eigenvalue weighted by molar-refractivity contribution is 0.179. The molecule has 0 aliphatic rings. The Labute approximate surface area is 121 Å². The molecule has 1 N–H and O–H groups in total. The van der Waals surface area contributed by atoms with E-state index in [1.54, 1.807) is 11.3 Å². The minimum absolute atomic E-state index is 0.424. The predicted octanol–water partition coefficient (Wildman–Crippen LogP) is 4.39. The Kier molecular flexibility index (Phi) is 4.41. The van der Waals surface area contributed by atoms with Gasteiger partial charge < -0.3 is 5.11 Å². The van der Waals surface area contributed by atoms with Crippen molar-refractivity contribution in [2.75, 3.05) is 0 Å². The van der Waals surface area contributed by atoms with Crippen LogP contribution in [0.3, 0.4) is 0 Å². The van der Waals surface area contributed by atoms with Crippen molar-refractivity contribution < 1.29 is 5.11 Å². The Bertz CT molecular complexity index is 466. The number of aliphatic hydroxyl groups is 1. The molecule has 4 heteroatoms. The molecule has 1 nitrogen and oxygen atoms in total. The molecule has 2 rings (SSSR count). The van der Waals surface area contributed by atoms with Crippen LogP contribution in [0.4, 0.5) is 0 Å². The minimum atomic E-state index is -0.424. The molecule has 1 heterocycles. The fourth-order valence-corrected chi connectivity index (χ4v) is 3.36. The fourth-order valence-electron chi connectivity index (χ4n) is 1.45. The highest BCUT2D eigenvalue weighted by molar-refractivity contribution is 14.1. The predicted molar refractivity (Wildman–Crippen MR) is 79.8 cm³/mol. The monoisotopic (exact) mass is 408 g/mol. The van der Waals surface area contributed by atoms with Crippen LogP contribution in [0, 0.1) is 3.57 Å². The van der Waals surface area contributed by atoms with Gasteiger partial charge in [0.25, 0.3) is 0 Å². The lowest BCUT2D eigenvalue weighted by Gasteiger charge is -2.10. The summed E-state index contributed by atoms with van der Waals surface area (Å²) in [5, 5.41) is 12.1. The van der Waals surface area contributed by atoms with Crippen LogP contribution >= 0.6 is 49.9 Å². The second-order valence-corrected chi connectivity index (χ2v) is 6.56. The molecule has 1 atom stereocenters. The standard InChI is InChI=1S/C12H10BrIOS/c13-10-5-6-16-12(10)7-11(15)8-1-3-9(14)4-2-8/h1-6,11,15H,7H2. The van der Waals surface area contributed by atoms with Crippen molar-refractivity contribution in [2.45, 2.75) is 12.5 Å². The smallest absolute Gasteiger partial charge is 0.0838 e. The maximum atomic E-state index is 10.1. The number of hydrogen-bond acceptors (Lipinski definition) is 2. The van der Waals surface area contributed by atoms with E-state index < -0.39 is 6.10 Å². The van der Waals surface area contributed by atoms with Gasteiger partial charge in [-0.05, 0) is 67.7 Å². The molecule has 1 unspecified atom stereocenters. The number of benzene rings is 1. The third-order valence-electron chi connectivity index (χ3n) is 2.32. The normalized spacial score (nSPS) is 12.7. The van der Waals surface area contributed by atoms with Crippen LogP contribution in [0.25, 0.3) is 0 Å². The molecule has 0 spiro atoms. The van der Waals surface area contributed by atoms with E-state index in [4.69, 9.17) is 0 Å². The lowest BCUT2D eigenvalue weighted by atomic mass is 10.1. The van der Waals surface area contributed by atoms with Crippen LogP contribution in [-0.4, -0.2) is 5.11 Å². The average molecular weight is 409 g/mol. The number of rotatable bonds is 3. The van der Waals surface area contributed by atoms with E-state index in [0.717, 1.165) is 10.0 Å². The lowest BCUT2D eigenvalue weighted by Crippen LogP contribution is -2.00. The van der Waals surface area contributed by atoms with Crippen LogP contribution in [0.1, 0.15) is 16.5 Å². The average Bonchev–Trinajstić information content (AvgIpc) is 2.65. The molecule has 0 radical (unpaired) electrons. The van der Waals surface area contributed by atoms with Gasteiger partial charge in [0.2, 0.25) is 0 Å². The number of aliphatic hydroxyl groups excluding tert-OH is 1. The minimum Gasteiger partial charge on any atom is -0.388 e. The topological polar surface area (TPSA) is 20.2 Å². The molecule has 0 amide bonds. The van der Waals surface area contributed by atoms with Gasteiger partial charge in [-0.15, -0.1) is 11.3 Å². The molecule has 16 heavy (non-hydrogen) atoms. The zero-order valence-corrected chi connectivity index (χ0v) is 12.9. The van der Waals surface area contributed by atoms with E-state index in [0.29, 0.717) is 6.42 Å². The van der Waals surface area contributed by atoms with Gasteiger partial charge in [0, 0.05) is 19.3 Å². The van der Waals surface area contributed by atoms with Crippen molar-refractivity contribution in [1.82, 2.24) is 0 Å². The summed E-state index contributed by atoms with van der Waals surface area (Å²) in [6.45, 7) is 0. The van der Waals surface area contributed by atoms with E-state index in [9.17, 15) is 5.11 Å². The van der Waals surface area contributed by atoms with Gasteiger partial charge in [-0.25, -0.2) is 0 Å². The van der Waals surface area contributed by atoms with E-state index in [1.165, 1.54) is 8.45 Å². The van der Waals surface area contributed by atoms with Crippen molar-refractivity contribution in [3.8, 4) is 0 Å². The van der Waals surface area contributed by atoms with Crippen molar-refractivity contribution >= 4 is 49.9 Å². The first-order valence-corrected chi connectivity index (χ1v) is 7.57. The third-order valence-corrected chi connectivity index (χ3v) is 4.99. The second-order valence-electron chi connectivity index (χ2n) is 3.46. The number of thiophene rings is 1. The molecule has 0 fully saturated rings. The summed E-state index contributed by atoms with van der Waals surface area (Å²) < 4.78 is 2.27. The van der Waals surface area contributed by atoms with Gasteiger partial charge in [0.05, 0.1) is 6.10 Å².